The Morgan fingerprint density at radius 1 is 1.29 bits per heavy atom. The zero-order valence-corrected chi connectivity index (χ0v) is 9.73. The first-order chi connectivity index (χ1) is 6.59. The summed E-state index contributed by atoms with van der Waals surface area (Å²) in [5.41, 5.74) is 1.19. The molecule has 1 N–H and O–H groups in total. The summed E-state index contributed by atoms with van der Waals surface area (Å²) in [4.78, 5) is 0.844. The normalized spacial score (nSPS) is 13.1. The Kier molecular flexibility index (Phi) is 4.29. The van der Waals surface area contributed by atoms with Crippen LogP contribution in [0.25, 0.3) is 0 Å². The van der Waals surface area contributed by atoms with Gasteiger partial charge in [0.25, 0.3) is 0 Å². The molecule has 0 radical (unpaired) electrons. The number of hydrogen-bond donors (Lipinski definition) is 1. The van der Waals surface area contributed by atoms with E-state index in [1.165, 1.54) is 5.56 Å². The van der Waals surface area contributed by atoms with Crippen molar-refractivity contribution in [2.24, 2.45) is 5.92 Å². The zero-order chi connectivity index (χ0) is 10.6. The van der Waals surface area contributed by atoms with E-state index in [4.69, 9.17) is 0 Å². The van der Waals surface area contributed by atoms with Crippen LogP contribution in [0.2, 0.25) is 0 Å². The molecule has 14 heavy (non-hydrogen) atoms. The van der Waals surface area contributed by atoms with Gasteiger partial charge in [0.1, 0.15) is 11.0 Å². The van der Waals surface area contributed by atoms with Gasteiger partial charge in [0.2, 0.25) is 0 Å². The quantitative estimate of drug-likeness (QED) is 0.813. The van der Waals surface area contributed by atoms with Crippen molar-refractivity contribution >= 4 is 11.0 Å². The van der Waals surface area contributed by atoms with Gasteiger partial charge in [-0.1, -0.05) is 31.5 Å². The van der Waals surface area contributed by atoms with Crippen LogP contribution < -0.4 is 4.72 Å². The van der Waals surface area contributed by atoms with Crippen molar-refractivity contribution in [3.8, 4) is 0 Å². The van der Waals surface area contributed by atoms with E-state index in [9.17, 15) is 4.21 Å². The molecule has 0 spiro atoms. The van der Waals surface area contributed by atoms with Gasteiger partial charge in [-0.3, -0.25) is 0 Å². The second kappa shape index (κ2) is 5.27. The van der Waals surface area contributed by atoms with Crippen LogP contribution in [0.1, 0.15) is 19.4 Å². The maximum Gasteiger partial charge on any atom is 0.124 e. The maximum absolute atomic E-state index is 11.7. The van der Waals surface area contributed by atoms with Crippen LogP contribution in [-0.4, -0.2) is 10.8 Å². The standard InChI is InChI=1S/C11H17NOS/c1-9(2)8-12-14(13)11-6-4-10(3)5-7-11/h4-7,9,12H,8H2,1-3H3. The molecule has 0 aliphatic carbocycles. The summed E-state index contributed by atoms with van der Waals surface area (Å²) in [6, 6.07) is 7.76. The molecule has 0 aliphatic heterocycles. The van der Waals surface area contributed by atoms with Gasteiger partial charge < -0.3 is 0 Å². The van der Waals surface area contributed by atoms with Crippen molar-refractivity contribution in [1.82, 2.24) is 4.72 Å². The minimum atomic E-state index is -1.06. The predicted octanol–water partition coefficient (Wildman–Crippen LogP) is 2.26. The third-order valence-electron chi connectivity index (χ3n) is 1.86. The average molecular weight is 211 g/mol. The summed E-state index contributed by atoms with van der Waals surface area (Å²) < 4.78 is 14.7. The molecule has 1 rings (SSSR count). The van der Waals surface area contributed by atoms with Crippen LogP contribution in [0.5, 0.6) is 0 Å². The number of hydrogen-bond acceptors (Lipinski definition) is 1. The van der Waals surface area contributed by atoms with Crippen LogP contribution in [0.15, 0.2) is 29.2 Å². The van der Waals surface area contributed by atoms with E-state index >= 15 is 0 Å². The van der Waals surface area contributed by atoms with E-state index in [2.05, 4.69) is 18.6 Å². The Morgan fingerprint density at radius 3 is 2.36 bits per heavy atom. The van der Waals surface area contributed by atoms with Crippen molar-refractivity contribution in [2.45, 2.75) is 25.7 Å². The molecule has 0 aromatic heterocycles. The molecule has 1 aromatic carbocycles. The summed E-state index contributed by atoms with van der Waals surface area (Å²) in [6.07, 6.45) is 0. The average Bonchev–Trinajstić information content (AvgIpc) is 2.15. The topological polar surface area (TPSA) is 29.1 Å². The van der Waals surface area contributed by atoms with Crippen molar-refractivity contribution in [2.75, 3.05) is 6.54 Å². The van der Waals surface area contributed by atoms with Crippen molar-refractivity contribution in [1.29, 1.82) is 0 Å². The smallest absolute Gasteiger partial charge is 0.124 e. The first-order valence-electron chi connectivity index (χ1n) is 4.81. The highest BCUT2D eigenvalue weighted by molar-refractivity contribution is 7.83. The summed E-state index contributed by atoms with van der Waals surface area (Å²) in [5.74, 6) is 0.518. The van der Waals surface area contributed by atoms with Crippen molar-refractivity contribution in [3.63, 3.8) is 0 Å². The molecule has 0 amide bonds. The lowest BCUT2D eigenvalue weighted by molar-refractivity contribution is 0.616. The van der Waals surface area contributed by atoms with Crippen molar-refractivity contribution < 1.29 is 4.21 Å². The van der Waals surface area contributed by atoms with E-state index in [1.807, 2.05) is 31.2 Å². The molecular formula is C11H17NOS. The van der Waals surface area contributed by atoms with Gasteiger partial charge in [0.15, 0.2) is 0 Å². The first kappa shape index (κ1) is 11.4. The van der Waals surface area contributed by atoms with Gasteiger partial charge in [-0.05, 0) is 25.0 Å². The second-order valence-electron chi connectivity index (χ2n) is 3.82. The van der Waals surface area contributed by atoms with E-state index in [0.29, 0.717) is 5.92 Å². The lowest BCUT2D eigenvalue weighted by atomic mass is 10.2. The second-order valence-corrected chi connectivity index (χ2v) is 5.12. The molecule has 3 heteroatoms. The molecular weight excluding hydrogens is 194 g/mol. The van der Waals surface area contributed by atoms with Crippen LogP contribution in [-0.2, 0) is 11.0 Å². The zero-order valence-electron chi connectivity index (χ0n) is 8.91. The molecule has 1 atom stereocenters. The van der Waals surface area contributed by atoms with Crippen LogP contribution in [0, 0.1) is 12.8 Å². The molecule has 0 saturated heterocycles. The van der Waals surface area contributed by atoms with E-state index < -0.39 is 11.0 Å². The van der Waals surface area contributed by atoms with Gasteiger partial charge in [0, 0.05) is 6.54 Å². The van der Waals surface area contributed by atoms with E-state index in [0.717, 1.165) is 11.4 Å². The summed E-state index contributed by atoms with van der Waals surface area (Å²) in [6.45, 7) is 6.99. The van der Waals surface area contributed by atoms with Gasteiger partial charge >= 0.3 is 0 Å². The third kappa shape index (κ3) is 3.60. The molecule has 1 unspecified atom stereocenters. The monoisotopic (exact) mass is 211 g/mol. The number of aryl methyl sites for hydroxylation is 1. The molecule has 0 heterocycles. The van der Waals surface area contributed by atoms with E-state index in [-0.39, 0.29) is 0 Å². The fourth-order valence-electron chi connectivity index (χ4n) is 0.988. The fourth-order valence-corrected chi connectivity index (χ4v) is 2.02. The molecule has 78 valence electrons. The van der Waals surface area contributed by atoms with Crippen LogP contribution in [0.3, 0.4) is 0 Å². The molecule has 2 nitrogen and oxygen atoms in total. The van der Waals surface area contributed by atoms with Gasteiger partial charge in [-0.2, -0.15) is 0 Å². The highest BCUT2D eigenvalue weighted by Crippen LogP contribution is 2.06. The maximum atomic E-state index is 11.7. The first-order valence-corrected chi connectivity index (χ1v) is 5.96. The van der Waals surface area contributed by atoms with Crippen molar-refractivity contribution in [3.05, 3.63) is 29.8 Å². The van der Waals surface area contributed by atoms with Crippen LogP contribution >= 0.6 is 0 Å². The minimum absolute atomic E-state index is 0.518. The summed E-state index contributed by atoms with van der Waals surface area (Å²) in [7, 11) is -1.06. The molecule has 0 fully saturated rings. The van der Waals surface area contributed by atoms with Gasteiger partial charge in [0.05, 0.1) is 4.90 Å². The minimum Gasteiger partial charge on any atom is -0.238 e. The highest BCUT2D eigenvalue weighted by Gasteiger charge is 2.03. The number of benzene rings is 1. The Hall–Kier alpha value is -0.670. The SMILES string of the molecule is Cc1ccc(S(=O)NCC(C)C)cc1. The summed E-state index contributed by atoms with van der Waals surface area (Å²) in [5, 5.41) is 0. The Balaban J connectivity index is 2.57. The Bertz CT molecular complexity index is 306. The predicted molar refractivity (Wildman–Crippen MR) is 60.4 cm³/mol. The molecule has 0 aliphatic rings. The molecule has 0 bridgehead atoms. The molecule has 1 aromatic rings. The third-order valence-corrected chi connectivity index (χ3v) is 2.99. The summed E-state index contributed by atoms with van der Waals surface area (Å²) >= 11 is 0. The van der Waals surface area contributed by atoms with Gasteiger partial charge in [-0.15, -0.1) is 0 Å². The van der Waals surface area contributed by atoms with Crippen LogP contribution in [0.4, 0.5) is 0 Å². The largest absolute Gasteiger partial charge is 0.238 e. The Labute approximate surface area is 88.3 Å². The lowest BCUT2D eigenvalue weighted by Crippen LogP contribution is -2.22. The van der Waals surface area contributed by atoms with E-state index in [1.54, 1.807) is 0 Å². The molecule has 0 saturated carbocycles. The van der Waals surface area contributed by atoms with Gasteiger partial charge in [-0.25, -0.2) is 8.93 Å². The highest BCUT2D eigenvalue weighted by atomic mass is 32.2. The number of rotatable bonds is 4. The number of nitrogens with one attached hydrogen (secondary N) is 1. The lowest BCUT2D eigenvalue weighted by Gasteiger charge is -2.06. The fraction of sp³-hybridized carbons (Fsp3) is 0.455. The Morgan fingerprint density at radius 2 is 1.86 bits per heavy atom.